The standard InChI is InChI=1S/C17H20N2O4S/c20-17(13-7-10-24(21,22)11-13)19-8-5-12(6-9-19)16-18-14-3-1-2-4-15(14)23-16/h1-4,12-13H,5-11H2. The van der Waals surface area contributed by atoms with Crippen LogP contribution < -0.4 is 0 Å². The normalized spacial score (nSPS) is 24.5. The van der Waals surface area contributed by atoms with Crippen molar-refractivity contribution in [1.82, 2.24) is 9.88 Å². The van der Waals surface area contributed by atoms with Crippen LogP contribution in [0, 0.1) is 5.92 Å². The summed E-state index contributed by atoms with van der Waals surface area (Å²) < 4.78 is 29.0. The number of amides is 1. The number of carbonyl (C=O) groups is 1. The van der Waals surface area contributed by atoms with Crippen LogP contribution in [-0.4, -0.2) is 48.8 Å². The van der Waals surface area contributed by atoms with Crippen molar-refractivity contribution >= 4 is 26.8 Å². The molecule has 4 rings (SSSR count). The zero-order valence-electron chi connectivity index (χ0n) is 13.3. The van der Waals surface area contributed by atoms with E-state index in [1.165, 1.54) is 0 Å². The lowest BCUT2D eigenvalue weighted by Gasteiger charge is -2.32. The van der Waals surface area contributed by atoms with E-state index >= 15 is 0 Å². The molecule has 1 unspecified atom stereocenters. The number of sulfone groups is 1. The van der Waals surface area contributed by atoms with Crippen LogP contribution in [0.25, 0.3) is 11.1 Å². The number of benzene rings is 1. The van der Waals surface area contributed by atoms with Crippen molar-refractivity contribution in [1.29, 1.82) is 0 Å². The number of hydrogen-bond acceptors (Lipinski definition) is 5. The number of piperidine rings is 1. The van der Waals surface area contributed by atoms with Crippen molar-refractivity contribution in [2.45, 2.75) is 25.2 Å². The molecule has 128 valence electrons. The largest absolute Gasteiger partial charge is 0.440 e. The summed E-state index contributed by atoms with van der Waals surface area (Å²) in [4.78, 5) is 18.9. The number of hydrogen-bond donors (Lipinski definition) is 0. The Labute approximate surface area is 140 Å². The van der Waals surface area contributed by atoms with Gasteiger partial charge in [0.1, 0.15) is 5.52 Å². The zero-order valence-corrected chi connectivity index (χ0v) is 14.2. The van der Waals surface area contributed by atoms with Gasteiger partial charge in [-0.2, -0.15) is 0 Å². The zero-order chi connectivity index (χ0) is 16.7. The van der Waals surface area contributed by atoms with E-state index in [9.17, 15) is 13.2 Å². The summed E-state index contributed by atoms with van der Waals surface area (Å²) in [5.74, 6) is 0.753. The summed E-state index contributed by atoms with van der Waals surface area (Å²) in [5.41, 5.74) is 1.66. The molecule has 1 aromatic carbocycles. The van der Waals surface area contributed by atoms with Crippen LogP contribution in [0.1, 0.15) is 31.1 Å². The van der Waals surface area contributed by atoms with Crippen molar-refractivity contribution in [2.75, 3.05) is 24.6 Å². The highest BCUT2D eigenvalue weighted by Gasteiger charge is 2.37. The van der Waals surface area contributed by atoms with Gasteiger partial charge in [-0.25, -0.2) is 13.4 Å². The maximum atomic E-state index is 12.5. The monoisotopic (exact) mass is 348 g/mol. The number of fused-ring (bicyclic) bond motifs is 1. The molecule has 2 aromatic rings. The average molecular weight is 348 g/mol. The molecular formula is C17H20N2O4S. The molecule has 0 N–H and O–H groups in total. The molecule has 2 aliphatic rings. The molecular weight excluding hydrogens is 328 g/mol. The second-order valence-electron chi connectivity index (χ2n) is 6.72. The highest BCUT2D eigenvalue weighted by Crippen LogP contribution is 2.31. The summed E-state index contributed by atoms with van der Waals surface area (Å²) in [5, 5.41) is 0. The lowest BCUT2D eigenvalue weighted by molar-refractivity contribution is -0.135. The summed E-state index contributed by atoms with van der Waals surface area (Å²) >= 11 is 0. The third kappa shape index (κ3) is 2.92. The molecule has 7 heteroatoms. The van der Waals surface area contributed by atoms with Gasteiger partial charge in [-0.1, -0.05) is 12.1 Å². The third-order valence-electron chi connectivity index (χ3n) is 5.05. The topological polar surface area (TPSA) is 80.5 Å². The van der Waals surface area contributed by atoms with Gasteiger partial charge in [-0.15, -0.1) is 0 Å². The molecule has 0 saturated carbocycles. The Hall–Kier alpha value is -1.89. The van der Waals surface area contributed by atoms with E-state index in [1.54, 1.807) is 0 Å². The Kier molecular flexibility index (Phi) is 3.83. The number of likely N-dealkylation sites (tertiary alicyclic amines) is 1. The molecule has 0 aliphatic carbocycles. The number of nitrogens with zero attached hydrogens (tertiary/aromatic N) is 2. The molecule has 2 saturated heterocycles. The van der Waals surface area contributed by atoms with Crippen LogP contribution in [0.3, 0.4) is 0 Å². The Balaban J connectivity index is 1.40. The summed E-state index contributed by atoms with van der Waals surface area (Å²) in [6.45, 7) is 1.28. The Morgan fingerprint density at radius 2 is 1.92 bits per heavy atom. The van der Waals surface area contributed by atoms with E-state index in [0.717, 1.165) is 29.8 Å². The van der Waals surface area contributed by atoms with Crippen LogP contribution in [0.4, 0.5) is 0 Å². The Morgan fingerprint density at radius 3 is 2.58 bits per heavy atom. The molecule has 1 amide bonds. The van der Waals surface area contributed by atoms with Gasteiger partial charge in [-0.05, 0) is 31.4 Å². The number of carbonyl (C=O) groups excluding carboxylic acids is 1. The number of para-hydroxylation sites is 2. The lowest BCUT2D eigenvalue weighted by atomic mass is 9.95. The van der Waals surface area contributed by atoms with E-state index in [-0.39, 0.29) is 29.2 Å². The van der Waals surface area contributed by atoms with Gasteiger partial charge in [0.2, 0.25) is 5.91 Å². The van der Waals surface area contributed by atoms with Crippen molar-refractivity contribution in [2.24, 2.45) is 5.92 Å². The summed E-state index contributed by atoms with van der Waals surface area (Å²) in [7, 11) is -3.02. The summed E-state index contributed by atoms with van der Waals surface area (Å²) in [6.07, 6.45) is 2.07. The van der Waals surface area contributed by atoms with Crippen LogP contribution >= 0.6 is 0 Å². The molecule has 6 nitrogen and oxygen atoms in total. The minimum absolute atomic E-state index is 0.00732. The lowest BCUT2D eigenvalue weighted by Crippen LogP contribution is -2.41. The van der Waals surface area contributed by atoms with E-state index in [0.29, 0.717) is 19.5 Å². The molecule has 24 heavy (non-hydrogen) atoms. The fraction of sp³-hybridized carbons (Fsp3) is 0.529. The average Bonchev–Trinajstić information content (AvgIpc) is 3.17. The van der Waals surface area contributed by atoms with Crippen molar-refractivity contribution in [3.63, 3.8) is 0 Å². The molecule has 0 bridgehead atoms. The van der Waals surface area contributed by atoms with E-state index in [1.807, 2.05) is 29.2 Å². The van der Waals surface area contributed by atoms with Crippen LogP contribution in [0.2, 0.25) is 0 Å². The van der Waals surface area contributed by atoms with Crippen LogP contribution in [-0.2, 0) is 14.6 Å². The minimum Gasteiger partial charge on any atom is -0.440 e. The molecule has 0 radical (unpaired) electrons. The first kappa shape index (κ1) is 15.6. The maximum absolute atomic E-state index is 12.5. The second-order valence-corrected chi connectivity index (χ2v) is 8.95. The molecule has 3 heterocycles. The van der Waals surface area contributed by atoms with E-state index in [4.69, 9.17) is 4.42 Å². The Bertz CT molecular complexity index is 833. The molecule has 0 spiro atoms. The maximum Gasteiger partial charge on any atom is 0.226 e. The van der Waals surface area contributed by atoms with Gasteiger partial charge < -0.3 is 9.32 Å². The molecule has 1 aromatic heterocycles. The van der Waals surface area contributed by atoms with Gasteiger partial charge in [0.15, 0.2) is 21.3 Å². The first-order valence-corrected chi connectivity index (χ1v) is 10.2. The minimum atomic E-state index is -3.02. The quantitative estimate of drug-likeness (QED) is 0.829. The van der Waals surface area contributed by atoms with Crippen molar-refractivity contribution in [3.05, 3.63) is 30.2 Å². The predicted molar refractivity (Wildman–Crippen MR) is 89.3 cm³/mol. The van der Waals surface area contributed by atoms with Gasteiger partial charge in [0.05, 0.1) is 17.4 Å². The molecule has 1 atom stereocenters. The number of aromatic nitrogens is 1. The second kappa shape index (κ2) is 5.88. The SMILES string of the molecule is O=C(C1CCS(=O)(=O)C1)N1CCC(c2nc3ccccc3o2)CC1. The highest BCUT2D eigenvalue weighted by molar-refractivity contribution is 7.91. The third-order valence-corrected chi connectivity index (χ3v) is 6.82. The smallest absolute Gasteiger partial charge is 0.226 e. The van der Waals surface area contributed by atoms with E-state index in [2.05, 4.69) is 4.98 Å². The Morgan fingerprint density at radius 1 is 1.17 bits per heavy atom. The van der Waals surface area contributed by atoms with Crippen LogP contribution in [0.15, 0.2) is 28.7 Å². The molecule has 2 aliphatic heterocycles. The number of oxazole rings is 1. The molecule has 2 fully saturated rings. The fourth-order valence-electron chi connectivity index (χ4n) is 3.66. The fourth-order valence-corrected chi connectivity index (χ4v) is 5.39. The first-order valence-electron chi connectivity index (χ1n) is 8.36. The van der Waals surface area contributed by atoms with Gasteiger partial charge >= 0.3 is 0 Å². The predicted octanol–water partition coefficient (Wildman–Crippen LogP) is 1.97. The van der Waals surface area contributed by atoms with Crippen molar-refractivity contribution < 1.29 is 17.6 Å². The van der Waals surface area contributed by atoms with Gasteiger partial charge in [-0.3, -0.25) is 4.79 Å². The van der Waals surface area contributed by atoms with Gasteiger partial charge in [0, 0.05) is 19.0 Å². The van der Waals surface area contributed by atoms with Crippen molar-refractivity contribution in [3.8, 4) is 0 Å². The highest BCUT2D eigenvalue weighted by atomic mass is 32.2. The van der Waals surface area contributed by atoms with Gasteiger partial charge in [0.25, 0.3) is 0 Å². The number of rotatable bonds is 2. The summed E-state index contributed by atoms with van der Waals surface area (Å²) in [6, 6.07) is 7.70. The first-order chi connectivity index (χ1) is 11.5. The van der Waals surface area contributed by atoms with Crippen LogP contribution in [0.5, 0.6) is 0 Å². The van der Waals surface area contributed by atoms with E-state index < -0.39 is 9.84 Å².